The van der Waals surface area contributed by atoms with Gasteiger partial charge in [0.15, 0.2) is 0 Å². The maximum atomic E-state index is 11.1. The maximum absolute atomic E-state index is 11.1. The van der Waals surface area contributed by atoms with E-state index in [9.17, 15) is 4.79 Å². The highest BCUT2D eigenvalue weighted by molar-refractivity contribution is 7.24. The van der Waals surface area contributed by atoms with Crippen molar-refractivity contribution in [3.05, 3.63) is 131 Å². The van der Waals surface area contributed by atoms with Gasteiger partial charge in [0.05, 0.1) is 6.57 Å². The highest BCUT2D eigenvalue weighted by Gasteiger charge is 2.13. The van der Waals surface area contributed by atoms with Crippen LogP contribution in [0.25, 0.3) is 31.1 Å². The zero-order valence-corrected chi connectivity index (χ0v) is 20.7. The standard InChI is InChI=1S/C30H20N2O2S2/c1-31-26(30(33)34)20-25-16-17-28(35-25)29-19-18-27(36-29)21-12-14-24(15-13-21)32(22-8-4-2-5-9-22)23-10-6-3-7-11-23/h2-20H,(H,33,34)/b26-20-. The number of anilines is 3. The van der Waals surface area contributed by atoms with Crippen molar-refractivity contribution in [3.63, 3.8) is 0 Å². The Bertz CT molecular complexity index is 1520. The molecule has 0 amide bonds. The fraction of sp³-hybridized carbons (Fsp3) is 0. The molecular weight excluding hydrogens is 484 g/mol. The van der Waals surface area contributed by atoms with Crippen molar-refractivity contribution in [2.45, 2.75) is 0 Å². The van der Waals surface area contributed by atoms with Crippen molar-refractivity contribution in [3.8, 4) is 20.2 Å². The molecule has 5 aromatic rings. The summed E-state index contributed by atoms with van der Waals surface area (Å²) in [6.07, 6.45) is 1.42. The molecule has 0 aliphatic heterocycles. The first-order valence-electron chi connectivity index (χ1n) is 11.2. The quantitative estimate of drug-likeness (QED) is 0.178. The summed E-state index contributed by atoms with van der Waals surface area (Å²) in [7, 11) is 0. The third kappa shape index (κ3) is 4.98. The molecule has 36 heavy (non-hydrogen) atoms. The second kappa shape index (κ2) is 10.4. The molecule has 2 heterocycles. The van der Waals surface area contributed by atoms with E-state index in [-0.39, 0.29) is 5.70 Å². The van der Waals surface area contributed by atoms with E-state index >= 15 is 0 Å². The number of carboxylic acid groups (broad SMARTS) is 1. The lowest BCUT2D eigenvalue weighted by Gasteiger charge is -2.25. The molecule has 0 aliphatic carbocycles. The van der Waals surface area contributed by atoms with Crippen LogP contribution in [-0.4, -0.2) is 11.1 Å². The summed E-state index contributed by atoms with van der Waals surface area (Å²) in [5, 5.41) is 9.09. The van der Waals surface area contributed by atoms with Gasteiger partial charge in [0.2, 0.25) is 0 Å². The second-order valence-corrected chi connectivity index (χ2v) is 10.1. The number of carboxylic acids is 1. The van der Waals surface area contributed by atoms with Crippen molar-refractivity contribution >= 4 is 51.8 Å². The van der Waals surface area contributed by atoms with Crippen LogP contribution in [0.3, 0.4) is 0 Å². The molecule has 3 aromatic carbocycles. The Morgan fingerprint density at radius 3 is 1.81 bits per heavy atom. The highest BCUT2D eigenvalue weighted by atomic mass is 32.1. The molecule has 4 nitrogen and oxygen atoms in total. The number of carbonyl (C=O) groups is 1. The van der Waals surface area contributed by atoms with Crippen LogP contribution in [0.2, 0.25) is 0 Å². The first-order valence-corrected chi connectivity index (χ1v) is 12.8. The SMILES string of the molecule is [C-]#[N+]/C(=C\c1ccc(-c2ccc(-c3ccc(N(c4ccccc4)c4ccccc4)cc3)s2)s1)C(=O)O. The van der Waals surface area contributed by atoms with Gasteiger partial charge in [0.25, 0.3) is 5.70 Å². The molecule has 174 valence electrons. The topological polar surface area (TPSA) is 44.9 Å². The molecular formula is C30H20N2O2S2. The van der Waals surface area contributed by atoms with E-state index in [0.29, 0.717) is 0 Å². The van der Waals surface area contributed by atoms with E-state index in [4.69, 9.17) is 11.7 Å². The average molecular weight is 505 g/mol. The summed E-state index contributed by atoms with van der Waals surface area (Å²) in [6, 6.07) is 37.2. The minimum atomic E-state index is -1.21. The number of thiophene rings is 2. The lowest BCUT2D eigenvalue weighted by molar-refractivity contribution is -0.132. The van der Waals surface area contributed by atoms with Gasteiger partial charge in [-0.1, -0.05) is 48.5 Å². The van der Waals surface area contributed by atoms with E-state index in [1.165, 1.54) is 17.4 Å². The van der Waals surface area contributed by atoms with Gasteiger partial charge in [-0.3, -0.25) is 4.79 Å². The Morgan fingerprint density at radius 1 is 0.694 bits per heavy atom. The van der Waals surface area contributed by atoms with E-state index in [0.717, 1.165) is 42.1 Å². The predicted molar refractivity (Wildman–Crippen MR) is 150 cm³/mol. The van der Waals surface area contributed by atoms with E-state index in [1.54, 1.807) is 11.3 Å². The second-order valence-electron chi connectivity index (χ2n) is 7.87. The third-order valence-corrected chi connectivity index (χ3v) is 7.90. The molecule has 0 saturated heterocycles. The number of benzene rings is 3. The molecule has 0 unspecified atom stereocenters. The molecule has 6 heteroatoms. The zero-order chi connectivity index (χ0) is 24.9. The van der Waals surface area contributed by atoms with Crippen LogP contribution in [0.4, 0.5) is 17.1 Å². The zero-order valence-electron chi connectivity index (χ0n) is 19.0. The lowest BCUT2D eigenvalue weighted by Crippen LogP contribution is -2.09. The molecule has 0 spiro atoms. The first kappa shape index (κ1) is 23.3. The number of rotatable bonds is 7. The van der Waals surface area contributed by atoms with Crippen molar-refractivity contribution in [1.29, 1.82) is 0 Å². The smallest absolute Gasteiger partial charge is 0.333 e. The summed E-state index contributed by atoms with van der Waals surface area (Å²) in [6.45, 7) is 7.03. The van der Waals surface area contributed by atoms with Crippen molar-refractivity contribution in [2.24, 2.45) is 0 Å². The van der Waals surface area contributed by atoms with Crippen LogP contribution in [0.5, 0.6) is 0 Å². The maximum Gasteiger partial charge on any atom is 0.333 e. The molecule has 0 aliphatic rings. The Labute approximate surface area is 217 Å². The number of nitrogens with zero attached hydrogens (tertiary/aromatic N) is 2. The Balaban J connectivity index is 1.41. The molecule has 0 bridgehead atoms. The fourth-order valence-electron chi connectivity index (χ4n) is 3.84. The Hall–Kier alpha value is -4.44. The minimum Gasteiger partial charge on any atom is -0.486 e. The summed E-state index contributed by atoms with van der Waals surface area (Å²) in [5.41, 5.74) is 4.13. The van der Waals surface area contributed by atoms with Crippen LogP contribution < -0.4 is 4.90 Å². The van der Waals surface area contributed by atoms with Crippen molar-refractivity contribution < 1.29 is 9.90 Å². The van der Waals surface area contributed by atoms with Gasteiger partial charge in [-0.15, -0.1) is 22.7 Å². The lowest BCUT2D eigenvalue weighted by atomic mass is 10.1. The Kier molecular flexibility index (Phi) is 6.76. The molecule has 2 aromatic heterocycles. The van der Waals surface area contributed by atoms with Crippen LogP contribution in [0.1, 0.15) is 4.88 Å². The predicted octanol–water partition coefficient (Wildman–Crippen LogP) is 8.96. The monoisotopic (exact) mass is 504 g/mol. The third-order valence-electron chi connectivity index (χ3n) is 5.53. The molecule has 0 atom stereocenters. The number of hydrogen-bond acceptors (Lipinski definition) is 4. The van der Waals surface area contributed by atoms with Crippen LogP contribution >= 0.6 is 22.7 Å². The molecule has 0 radical (unpaired) electrons. The van der Waals surface area contributed by atoms with Crippen molar-refractivity contribution in [1.82, 2.24) is 0 Å². The van der Waals surface area contributed by atoms with Crippen LogP contribution in [0, 0.1) is 6.57 Å². The number of hydrogen-bond donors (Lipinski definition) is 1. The van der Waals surface area contributed by atoms with E-state index in [1.807, 2.05) is 48.5 Å². The summed E-state index contributed by atoms with van der Waals surface area (Å²) in [4.78, 5) is 20.5. The number of para-hydroxylation sites is 2. The summed E-state index contributed by atoms with van der Waals surface area (Å²) >= 11 is 3.17. The first-order chi connectivity index (χ1) is 17.6. The molecule has 0 saturated carbocycles. The fourth-order valence-corrected chi connectivity index (χ4v) is 5.89. The highest BCUT2D eigenvalue weighted by Crippen LogP contribution is 2.40. The van der Waals surface area contributed by atoms with Gasteiger partial charge in [-0.05, 0) is 72.3 Å². The molecule has 1 N–H and O–H groups in total. The van der Waals surface area contributed by atoms with Gasteiger partial charge in [-0.25, -0.2) is 4.85 Å². The van der Waals surface area contributed by atoms with Gasteiger partial charge in [0, 0.05) is 36.6 Å². The molecule has 5 rings (SSSR count). The normalized spacial score (nSPS) is 11.1. The van der Waals surface area contributed by atoms with Crippen LogP contribution in [0.15, 0.2) is 115 Å². The largest absolute Gasteiger partial charge is 0.486 e. The minimum absolute atomic E-state index is 0.282. The van der Waals surface area contributed by atoms with E-state index < -0.39 is 5.97 Å². The van der Waals surface area contributed by atoms with Gasteiger partial charge in [0.1, 0.15) is 0 Å². The van der Waals surface area contributed by atoms with E-state index in [2.05, 4.69) is 70.4 Å². The van der Waals surface area contributed by atoms with Gasteiger partial charge in [-0.2, -0.15) is 0 Å². The average Bonchev–Trinajstić information content (AvgIpc) is 3.59. The Morgan fingerprint density at radius 2 is 1.22 bits per heavy atom. The summed E-state index contributed by atoms with van der Waals surface area (Å²) < 4.78 is 0. The number of aliphatic carboxylic acids is 1. The van der Waals surface area contributed by atoms with Crippen LogP contribution in [-0.2, 0) is 4.79 Å². The molecule has 0 fully saturated rings. The van der Waals surface area contributed by atoms with Gasteiger partial charge < -0.3 is 10.0 Å². The summed E-state index contributed by atoms with van der Waals surface area (Å²) in [5.74, 6) is -1.21. The van der Waals surface area contributed by atoms with Crippen molar-refractivity contribution in [2.75, 3.05) is 4.90 Å². The van der Waals surface area contributed by atoms with Gasteiger partial charge >= 0.3 is 5.97 Å².